The van der Waals surface area contributed by atoms with E-state index in [2.05, 4.69) is 15.3 Å². The number of carbonyl (C=O) groups is 1. The zero-order valence-corrected chi connectivity index (χ0v) is 18.0. The smallest absolute Gasteiger partial charge is 0.345 e. The van der Waals surface area contributed by atoms with Gasteiger partial charge < -0.3 is 10.1 Å². The predicted molar refractivity (Wildman–Crippen MR) is 112 cm³/mol. The number of piperidine rings is 1. The highest BCUT2D eigenvalue weighted by Crippen LogP contribution is 2.26. The van der Waals surface area contributed by atoms with Crippen LogP contribution < -0.4 is 11.0 Å². The van der Waals surface area contributed by atoms with Gasteiger partial charge >= 0.3 is 5.69 Å². The maximum atomic E-state index is 13.2. The fourth-order valence-corrected chi connectivity index (χ4v) is 3.89. The number of halogens is 2. The molecule has 1 fully saturated rings. The molecule has 0 saturated carbocycles. The molecule has 0 spiro atoms. The van der Waals surface area contributed by atoms with Gasteiger partial charge in [-0.1, -0.05) is 11.6 Å². The summed E-state index contributed by atoms with van der Waals surface area (Å²) in [5.74, 6) is 0.290. The quantitative estimate of drug-likeness (QED) is 0.682. The van der Waals surface area contributed by atoms with Crippen LogP contribution in [0.2, 0.25) is 5.02 Å². The Kier molecular flexibility index (Phi) is 7.63. The van der Waals surface area contributed by atoms with E-state index in [1.807, 2.05) is 6.92 Å². The molecular formula is C20H27ClFN5O3. The summed E-state index contributed by atoms with van der Waals surface area (Å²) in [6, 6.07) is 4.10. The van der Waals surface area contributed by atoms with E-state index in [1.54, 1.807) is 11.7 Å². The Morgan fingerprint density at radius 2 is 2.10 bits per heavy atom. The van der Waals surface area contributed by atoms with Gasteiger partial charge in [-0.3, -0.25) is 14.3 Å². The van der Waals surface area contributed by atoms with Gasteiger partial charge in [0.15, 0.2) is 0 Å². The molecule has 1 aromatic carbocycles. The second-order valence-corrected chi connectivity index (χ2v) is 7.74. The van der Waals surface area contributed by atoms with Crippen molar-refractivity contribution in [1.82, 2.24) is 19.2 Å². The molecule has 164 valence electrons. The van der Waals surface area contributed by atoms with Crippen LogP contribution in [0.1, 0.15) is 31.5 Å². The molecule has 1 aliphatic rings. The van der Waals surface area contributed by atoms with E-state index in [9.17, 15) is 14.0 Å². The van der Waals surface area contributed by atoms with Crippen LogP contribution in [0.25, 0.3) is 0 Å². The van der Waals surface area contributed by atoms with E-state index >= 15 is 0 Å². The number of hydrogen-bond donors (Lipinski definition) is 1. The van der Waals surface area contributed by atoms with Gasteiger partial charge in [0.2, 0.25) is 5.91 Å². The molecule has 1 saturated heterocycles. The van der Waals surface area contributed by atoms with Crippen molar-refractivity contribution >= 4 is 23.2 Å². The van der Waals surface area contributed by atoms with Gasteiger partial charge in [-0.15, -0.1) is 0 Å². The normalized spacial score (nSPS) is 15.5. The van der Waals surface area contributed by atoms with Gasteiger partial charge in [-0.25, -0.2) is 13.9 Å². The third-order valence-electron chi connectivity index (χ3n) is 5.30. The molecule has 0 bridgehead atoms. The Labute approximate surface area is 179 Å². The van der Waals surface area contributed by atoms with Crippen LogP contribution in [0.3, 0.4) is 0 Å². The molecular weight excluding hydrogens is 413 g/mol. The van der Waals surface area contributed by atoms with Crippen LogP contribution in [-0.4, -0.2) is 58.5 Å². The maximum absolute atomic E-state index is 13.2. The summed E-state index contributed by atoms with van der Waals surface area (Å²) in [5.41, 5.74) is 0.360. The molecule has 0 radical (unpaired) electrons. The molecule has 0 atom stereocenters. The van der Waals surface area contributed by atoms with E-state index < -0.39 is 5.82 Å². The lowest BCUT2D eigenvalue weighted by Crippen LogP contribution is -2.39. The van der Waals surface area contributed by atoms with E-state index in [-0.39, 0.29) is 29.1 Å². The monoisotopic (exact) mass is 439 g/mol. The van der Waals surface area contributed by atoms with Crippen molar-refractivity contribution in [2.24, 2.45) is 0 Å². The number of carbonyl (C=O) groups excluding carboxylic acids is 1. The molecule has 0 aliphatic carbocycles. The van der Waals surface area contributed by atoms with Crippen molar-refractivity contribution in [2.45, 2.75) is 38.8 Å². The fraction of sp³-hybridized carbons (Fsp3) is 0.550. The number of hydrogen-bond acceptors (Lipinski definition) is 5. The zero-order chi connectivity index (χ0) is 21.7. The lowest BCUT2D eigenvalue weighted by molar-refractivity contribution is -0.117. The molecule has 30 heavy (non-hydrogen) atoms. The summed E-state index contributed by atoms with van der Waals surface area (Å²) >= 11 is 5.75. The SMILES string of the molecule is CCn1c(C2CCN(CC(=O)Nc3ccc(F)c(Cl)c3)CC2)nn(CCOC)c1=O. The van der Waals surface area contributed by atoms with Gasteiger partial charge in [0.05, 0.1) is 24.7 Å². The summed E-state index contributed by atoms with van der Waals surface area (Å²) in [6.07, 6.45) is 1.63. The third kappa shape index (κ3) is 5.27. The van der Waals surface area contributed by atoms with E-state index in [0.717, 1.165) is 31.8 Å². The minimum Gasteiger partial charge on any atom is -0.383 e. The van der Waals surface area contributed by atoms with Crippen LogP contribution in [-0.2, 0) is 22.6 Å². The van der Waals surface area contributed by atoms with Gasteiger partial charge in [-0.2, -0.15) is 5.10 Å². The predicted octanol–water partition coefficient (Wildman–Crippen LogP) is 2.32. The Balaban J connectivity index is 1.56. The number of methoxy groups -OCH3 is 1. The van der Waals surface area contributed by atoms with Gasteiger partial charge in [0.25, 0.3) is 0 Å². The van der Waals surface area contributed by atoms with Crippen molar-refractivity contribution in [3.8, 4) is 0 Å². The summed E-state index contributed by atoms with van der Waals surface area (Å²) < 4.78 is 21.5. The first kappa shape index (κ1) is 22.5. The van der Waals surface area contributed by atoms with E-state index in [0.29, 0.717) is 25.4 Å². The standard InChI is InChI=1S/C20H27ClFN5O3/c1-3-26-19(24-27(20(26)29)10-11-30-2)14-6-8-25(9-7-14)13-18(28)23-15-4-5-17(22)16(21)12-15/h4-5,12,14H,3,6-11,13H2,1-2H3,(H,23,28). The average molecular weight is 440 g/mol. The first-order valence-electron chi connectivity index (χ1n) is 10.1. The second-order valence-electron chi connectivity index (χ2n) is 7.33. The number of benzene rings is 1. The molecule has 1 aromatic heterocycles. The van der Waals surface area contributed by atoms with Crippen LogP contribution in [0, 0.1) is 5.82 Å². The minimum atomic E-state index is -0.521. The van der Waals surface area contributed by atoms with Gasteiger partial charge in [-0.05, 0) is 51.1 Å². The molecule has 2 heterocycles. The maximum Gasteiger partial charge on any atom is 0.345 e. The first-order valence-corrected chi connectivity index (χ1v) is 10.4. The zero-order valence-electron chi connectivity index (χ0n) is 17.2. The fourth-order valence-electron chi connectivity index (χ4n) is 3.71. The summed E-state index contributed by atoms with van der Waals surface area (Å²) in [5, 5.41) is 7.26. The Bertz CT molecular complexity index is 937. The molecule has 1 N–H and O–H groups in total. The van der Waals surface area contributed by atoms with Crippen LogP contribution in [0.15, 0.2) is 23.0 Å². The van der Waals surface area contributed by atoms with Crippen LogP contribution in [0.5, 0.6) is 0 Å². The highest BCUT2D eigenvalue weighted by atomic mass is 35.5. The molecule has 1 aliphatic heterocycles. The number of amides is 1. The minimum absolute atomic E-state index is 0.0273. The molecule has 2 aromatic rings. The highest BCUT2D eigenvalue weighted by molar-refractivity contribution is 6.31. The molecule has 8 nitrogen and oxygen atoms in total. The Morgan fingerprint density at radius 3 is 2.73 bits per heavy atom. The van der Waals surface area contributed by atoms with Crippen LogP contribution >= 0.6 is 11.6 Å². The molecule has 0 unspecified atom stereocenters. The summed E-state index contributed by atoms with van der Waals surface area (Å²) in [7, 11) is 1.60. The number of ether oxygens (including phenoxy) is 1. The molecule has 10 heteroatoms. The van der Waals surface area contributed by atoms with Gasteiger partial charge in [0.1, 0.15) is 11.6 Å². The number of aromatic nitrogens is 3. The lowest BCUT2D eigenvalue weighted by Gasteiger charge is -2.30. The van der Waals surface area contributed by atoms with Crippen molar-refractivity contribution in [3.05, 3.63) is 45.3 Å². The largest absolute Gasteiger partial charge is 0.383 e. The van der Waals surface area contributed by atoms with Crippen molar-refractivity contribution in [2.75, 3.05) is 38.7 Å². The second kappa shape index (κ2) is 10.2. The van der Waals surface area contributed by atoms with Gasteiger partial charge in [0, 0.05) is 25.3 Å². The van der Waals surface area contributed by atoms with E-state index in [1.165, 1.54) is 22.9 Å². The molecule has 3 rings (SSSR count). The average Bonchev–Trinajstić information content (AvgIpc) is 3.05. The first-order chi connectivity index (χ1) is 14.4. The number of nitrogens with zero attached hydrogens (tertiary/aromatic N) is 4. The number of rotatable bonds is 8. The summed E-state index contributed by atoms with van der Waals surface area (Å²) in [4.78, 5) is 26.9. The highest BCUT2D eigenvalue weighted by Gasteiger charge is 2.27. The van der Waals surface area contributed by atoms with Crippen molar-refractivity contribution in [3.63, 3.8) is 0 Å². The van der Waals surface area contributed by atoms with Crippen molar-refractivity contribution < 1.29 is 13.9 Å². The topological polar surface area (TPSA) is 81.4 Å². The lowest BCUT2D eigenvalue weighted by atomic mass is 9.96. The Hall–Kier alpha value is -2.23. The number of likely N-dealkylation sites (tertiary alicyclic amines) is 1. The van der Waals surface area contributed by atoms with Crippen LogP contribution in [0.4, 0.5) is 10.1 Å². The third-order valence-corrected chi connectivity index (χ3v) is 5.59. The number of nitrogens with one attached hydrogen (secondary N) is 1. The van der Waals surface area contributed by atoms with Crippen molar-refractivity contribution in [1.29, 1.82) is 0 Å². The Morgan fingerprint density at radius 1 is 1.37 bits per heavy atom. The number of anilines is 1. The summed E-state index contributed by atoms with van der Waals surface area (Å²) in [6.45, 7) is 5.08. The van der Waals surface area contributed by atoms with E-state index in [4.69, 9.17) is 16.3 Å². The molecule has 1 amide bonds.